The number of carbonyl (C=O) groups excluding carboxylic acids is 8. The van der Waals surface area contributed by atoms with E-state index in [9.17, 15) is 63.9 Å². The molecule has 0 unspecified atom stereocenters. The Balaban J connectivity index is 1.76. The molecule has 0 aliphatic heterocycles. The zero-order valence-corrected chi connectivity index (χ0v) is 28.6. The number of quaternary nitrogens is 1. The van der Waals surface area contributed by atoms with Gasteiger partial charge in [-0.1, -0.05) is 12.1 Å². The first-order chi connectivity index (χ1) is 25.1. The summed E-state index contributed by atoms with van der Waals surface area (Å²) in [5.41, 5.74) is 5.51. The third-order valence-electron chi connectivity index (χ3n) is 8.01. The third-order valence-corrected chi connectivity index (χ3v) is 8.01. The van der Waals surface area contributed by atoms with Crippen molar-refractivity contribution >= 4 is 47.6 Å². The summed E-state index contributed by atoms with van der Waals surface area (Å²) in [5.74, 6) is -13.8. The Morgan fingerprint density at radius 2 is 1.17 bits per heavy atom. The second-order valence-electron chi connectivity index (χ2n) is 12.0. The number of ether oxygens (including phenoxy) is 1. The molecule has 1 aromatic heterocycles. The Morgan fingerprint density at radius 3 is 1.64 bits per heavy atom. The number of furan rings is 1. The molecule has 3 amide bonds. The van der Waals surface area contributed by atoms with E-state index in [1.54, 1.807) is 18.4 Å². The average molecular weight is 745 g/mol. The molecule has 2 rings (SSSR count). The van der Waals surface area contributed by atoms with Gasteiger partial charge in [0.15, 0.2) is 5.76 Å². The fraction of sp³-hybridized carbons (Fsp3) is 0.471. The van der Waals surface area contributed by atoms with Gasteiger partial charge in [0.1, 0.15) is 18.9 Å². The second kappa shape index (κ2) is 22.1. The average Bonchev–Trinajstić information content (AvgIpc) is 3.57. The van der Waals surface area contributed by atoms with E-state index < -0.39 is 110 Å². The van der Waals surface area contributed by atoms with Gasteiger partial charge in [0.25, 0.3) is 0 Å². The van der Waals surface area contributed by atoms with E-state index in [0.717, 1.165) is 16.9 Å². The van der Waals surface area contributed by atoms with Crippen LogP contribution in [0, 0.1) is 11.8 Å². The first-order valence-electron chi connectivity index (χ1n) is 16.6. The standard InChI is InChI=1S/C34H44N4O15/c35-16-22-15-20(18-53-22)17-52-21-3-1-19(2-4-21)13-14-36-27(39)10-7-25(33(48)49)38-29(41)11-8-26(34(50)51)37-28(40)9-5-23(31(44)45)24(32(46)47)6-12-30(42)43/h1-4,15,18,23-26H,5-14,16-17,35H2,(H,36,39)(H,37,40)(H,38,41)(H,42,43)(H,44,45)(H,46,47)(H,48,49)(H,50,51)/p-4/t23-,24+,25-,26-/m0/s1. The monoisotopic (exact) mass is 744 g/mol. The maximum absolute atomic E-state index is 12.4. The van der Waals surface area contributed by atoms with Crippen molar-refractivity contribution in [2.75, 3.05) is 6.54 Å². The smallest absolute Gasteiger partial charge is 0.220 e. The number of carboxylic acids is 5. The van der Waals surface area contributed by atoms with Crippen molar-refractivity contribution in [2.45, 2.75) is 83.0 Å². The zero-order chi connectivity index (χ0) is 39.5. The van der Waals surface area contributed by atoms with Crippen molar-refractivity contribution in [1.82, 2.24) is 16.0 Å². The predicted octanol–water partition coefficient (Wildman–Crippen LogP) is -6.67. The summed E-state index contributed by atoms with van der Waals surface area (Å²) in [6.45, 7) is 1.08. The molecule has 0 saturated carbocycles. The van der Waals surface area contributed by atoms with Gasteiger partial charge in [-0.3, -0.25) is 14.4 Å². The Kier molecular flexibility index (Phi) is 18.0. The lowest BCUT2D eigenvalue weighted by Gasteiger charge is -2.29. The number of hydrogen-bond donors (Lipinski definition) is 4. The van der Waals surface area contributed by atoms with Crippen molar-refractivity contribution in [3.8, 4) is 5.75 Å². The Morgan fingerprint density at radius 1 is 0.660 bits per heavy atom. The number of nitrogens with one attached hydrogen (secondary N) is 3. The maximum Gasteiger partial charge on any atom is 0.220 e. The van der Waals surface area contributed by atoms with Crippen LogP contribution in [0.3, 0.4) is 0 Å². The van der Waals surface area contributed by atoms with E-state index in [2.05, 4.69) is 16.4 Å². The fourth-order valence-electron chi connectivity index (χ4n) is 5.09. The van der Waals surface area contributed by atoms with Crippen LogP contribution in [0.25, 0.3) is 0 Å². The highest BCUT2D eigenvalue weighted by atomic mass is 16.5. The molecule has 0 spiro atoms. The normalized spacial score (nSPS) is 13.1. The molecule has 19 nitrogen and oxygen atoms in total. The molecule has 0 fully saturated rings. The van der Waals surface area contributed by atoms with Gasteiger partial charge in [-0.15, -0.1) is 0 Å². The molecule has 0 radical (unpaired) electrons. The number of rotatable bonds is 26. The minimum Gasteiger partial charge on any atom is -0.550 e. The highest BCUT2D eigenvalue weighted by molar-refractivity contribution is 5.86. The van der Waals surface area contributed by atoms with Gasteiger partial charge >= 0.3 is 0 Å². The molecule has 19 heteroatoms. The lowest BCUT2D eigenvalue weighted by atomic mass is 9.85. The Hall–Kier alpha value is -5.98. The predicted molar refractivity (Wildman–Crippen MR) is 166 cm³/mol. The van der Waals surface area contributed by atoms with E-state index in [1.807, 2.05) is 23.5 Å². The van der Waals surface area contributed by atoms with E-state index >= 15 is 0 Å². The third kappa shape index (κ3) is 16.3. The highest BCUT2D eigenvalue weighted by Crippen LogP contribution is 2.22. The molecule has 53 heavy (non-hydrogen) atoms. The van der Waals surface area contributed by atoms with Crippen molar-refractivity contribution in [3.05, 3.63) is 53.5 Å². The molecule has 290 valence electrons. The molecule has 0 aliphatic carbocycles. The summed E-state index contributed by atoms with van der Waals surface area (Å²) in [5, 5.41) is 63.4. The first kappa shape index (κ1) is 43.2. The SMILES string of the molecule is [NH3+]Cc1cc(COc2ccc(CCNC(=O)CC[C@H](NC(=O)CC[C@H](NC(=O)CC[C@H](C(=O)[O-])[C@@H](CCC(=O)[O-])C(=O)[O-])C(=O)[O-])C(=O)[O-])cc2)co1. The molecular weight excluding hydrogens is 704 g/mol. The van der Waals surface area contributed by atoms with Crippen molar-refractivity contribution in [3.63, 3.8) is 0 Å². The molecule has 0 bridgehead atoms. The Labute approximate surface area is 302 Å². The van der Waals surface area contributed by atoms with Crippen molar-refractivity contribution in [2.24, 2.45) is 11.8 Å². The number of aliphatic carboxylic acids is 5. The summed E-state index contributed by atoms with van der Waals surface area (Å²) in [6.07, 6.45) is -2.72. The molecule has 6 N–H and O–H groups in total. The number of amides is 3. The summed E-state index contributed by atoms with van der Waals surface area (Å²) in [7, 11) is 0. The van der Waals surface area contributed by atoms with Crippen LogP contribution in [-0.2, 0) is 57.9 Å². The molecular formula is C34H40N4O15-4. The first-order valence-corrected chi connectivity index (χ1v) is 16.6. The van der Waals surface area contributed by atoms with Crippen molar-refractivity contribution < 1.29 is 78.8 Å². The van der Waals surface area contributed by atoms with Crippen LogP contribution in [0.1, 0.15) is 68.3 Å². The second-order valence-corrected chi connectivity index (χ2v) is 12.0. The van der Waals surface area contributed by atoms with Gasteiger partial charge in [-0.05, 0) is 62.3 Å². The maximum atomic E-state index is 12.4. The highest BCUT2D eigenvalue weighted by Gasteiger charge is 2.26. The molecule has 1 aromatic carbocycles. The van der Waals surface area contributed by atoms with Crippen LogP contribution in [0.4, 0.5) is 0 Å². The number of carbonyl (C=O) groups is 8. The van der Waals surface area contributed by atoms with Crippen LogP contribution in [-0.4, -0.2) is 66.2 Å². The number of benzene rings is 1. The molecule has 2 aromatic rings. The van der Waals surface area contributed by atoms with Crippen LogP contribution in [0.15, 0.2) is 41.0 Å². The summed E-state index contributed by atoms with van der Waals surface area (Å²) in [4.78, 5) is 93.7. The van der Waals surface area contributed by atoms with Crippen LogP contribution < -0.4 is 52.0 Å². The van der Waals surface area contributed by atoms with E-state index in [0.29, 0.717) is 25.3 Å². The topological polar surface area (TPSA) is 338 Å². The van der Waals surface area contributed by atoms with Crippen molar-refractivity contribution in [1.29, 1.82) is 0 Å². The lowest BCUT2D eigenvalue weighted by Crippen LogP contribution is -2.50. The molecule has 4 atom stereocenters. The largest absolute Gasteiger partial charge is 0.550 e. The molecule has 1 heterocycles. The Bertz CT molecular complexity index is 1590. The number of hydrogen-bond acceptors (Lipinski definition) is 15. The summed E-state index contributed by atoms with van der Waals surface area (Å²) < 4.78 is 11.0. The van der Waals surface area contributed by atoms with Gasteiger partial charge in [0.05, 0.1) is 30.3 Å². The van der Waals surface area contributed by atoms with Crippen LogP contribution in [0.5, 0.6) is 5.75 Å². The minimum atomic E-state index is -1.90. The zero-order valence-electron chi connectivity index (χ0n) is 28.6. The van der Waals surface area contributed by atoms with E-state index in [4.69, 9.17) is 9.15 Å². The molecule has 0 saturated heterocycles. The van der Waals surface area contributed by atoms with Crippen LogP contribution in [0.2, 0.25) is 0 Å². The lowest BCUT2D eigenvalue weighted by molar-refractivity contribution is -0.390. The van der Waals surface area contributed by atoms with Gasteiger partial charge in [-0.2, -0.15) is 0 Å². The van der Waals surface area contributed by atoms with Gasteiger partial charge in [-0.25, -0.2) is 0 Å². The molecule has 0 aliphatic rings. The van der Waals surface area contributed by atoms with E-state index in [-0.39, 0.29) is 19.4 Å². The van der Waals surface area contributed by atoms with Crippen LogP contribution >= 0.6 is 0 Å². The summed E-state index contributed by atoms with van der Waals surface area (Å²) in [6, 6.07) is 5.64. The summed E-state index contributed by atoms with van der Waals surface area (Å²) >= 11 is 0. The van der Waals surface area contributed by atoms with E-state index in [1.165, 1.54) is 0 Å². The fourth-order valence-corrected chi connectivity index (χ4v) is 5.09. The van der Waals surface area contributed by atoms with Gasteiger partial charge in [0, 0.05) is 61.1 Å². The minimum absolute atomic E-state index is 0.230. The number of carboxylic acid groups (broad SMARTS) is 5. The quantitative estimate of drug-likeness (QED) is 0.0696. The van der Waals surface area contributed by atoms with Gasteiger partial charge in [0.2, 0.25) is 17.7 Å². The van der Waals surface area contributed by atoms with Gasteiger partial charge < -0.3 is 80.3 Å².